The van der Waals surface area contributed by atoms with Crippen LogP contribution in [0.4, 0.5) is 0 Å². The van der Waals surface area contributed by atoms with Crippen molar-refractivity contribution in [2.24, 2.45) is 5.41 Å². The molecule has 22 heavy (non-hydrogen) atoms. The second-order valence-corrected chi connectivity index (χ2v) is 7.00. The van der Waals surface area contributed by atoms with E-state index < -0.39 is 11.5 Å². The highest BCUT2D eigenvalue weighted by Gasteiger charge is 2.31. The molecule has 1 N–H and O–H groups in total. The summed E-state index contributed by atoms with van der Waals surface area (Å²) in [6, 6.07) is 9.37. The summed E-state index contributed by atoms with van der Waals surface area (Å²) in [4.78, 5) is 26.9. The summed E-state index contributed by atoms with van der Waals surface area (Å²) in [5.41, 5.74) is 0.564. The third kappa shape index (κ3) is 4.33. The minimum Gasteiger partial charge on any atom is -0.344 e. The van der Waals surface area contributed by atoms with Crippen molar-refractivity contribution in [3.05, 3.63) is 35.9 Å². The fraction of sp³-hybridized carbons (Fsp3) is 0.556. The molecule has 1 heterocycles. The molecule has 1 aliphatic heterocycles. The fourth-order valence-electron chi connectivity index (χ4n) is 2.58. The van der Waals surface area contributed by atoms with Gasteiger partial charge in [-0.25, -0.2) is 0 Å². The molecule has 0 bridgehead atoms. The number of carbonyl (C=O) groups is 2. The van der Waals surface area contributed by atoms with Crippen LogP contribution in [0.1, 0.15) is 39.2 Å². The molecule has 1 aromatic rings. The smallest absolute Gasteiger partial charge is 0.245 e. The van der Waals surface area contributed by atoms with E-state index in [2.05, 4.69) is 5.32 Å². The first kappa shape index (κ1) is 16.5. The lowest BCUT2D eigenvalue weighted by atomic mass is 9.94. The molecule has 0 aromatic heterocycles. The maximum Gasteiger partial charge on any atom is 0.245 e. The maximum atomic E-state index is 12.7. The topological polar surface area (TPSA) is 49.4 Å². The number of rotatable bonds is 4. The Bertz CT molecular complexity index is 514. The minimum atomic E-state index is -0.500. The van der Waals surface area contributed by atoms with Crippen LogP contribution in [0.2, 0.25) is 0 Å². The Kier molecular flexibility index (Phi) is 5.22. The molecule has 0 aliphatic carbocycles. The Morgan fingerprint density at radius 2 is 1.73 bits per heavy atom. The number of hydrogen-bond acceptors (Lipinski definition) is 2. The molecule has 2 rings (SSSR count). The number of amides is 2. The van der Waals surface area contributed by atoms with Crippen molar-refractivity contribution in [3.63, 3.8) is 0 Å². The molecule has 1 aromatic carbocycles. The van der Waals surface area contributed by atoms with Crippen LogP contribution in [0.15, 0.2) is 30.3 Å². The van der Waals surface area contributed by atoms with E-state index in [-0.39, 0.29) is 11.8 Å². The van der Waals surface area contributed by atoms with Crippen LogP contribution in [0.25, 0.3) is 0 Å². The lowest BCUT2D eigenvalue weighted by Crippen LogP contribution is -2.51. The van der Waals surface area contributed by atoms with Gasteiger partial charge in [0.2, 0.25) is 11.8 Å². The third-order valence-electron chi connectivity index (χ3n) is 3.98. The van der Waals surface area contributed by atoms with Gasteiger partial charge in [-0.1, -0.05) is 51.1 Å². The molecule has 0 unspecified atom stereocenters. The number of likely N-dealkylation sites (tertiary alicyclic amines) is 1. The van der Waals surface area contributed by atoms with Crippen LogP contribution >= 0.6 is 0 Å². The Labute approximate surface area is 132 Å². The quantitative estimate of drug-likeness (QED) is 0.928. The van der Waals surface area contributed by atoms with Crippen LogP contribution in [-0.4, -0.2) is 35.8 Å². The molecule has 1 fully saturated rings. The van der Waals surface area contributed by atoms with E-state index in [4.69, 9.17) is 0 Å². The van der Waals surface area contributed by atoms with Crippen molar-refractivity contribution in [1.29, 1.82) is 0 Å². The molecule has 1 atom stereocenters. The molecule has 120 valence electrons. The second kappa shape index (κ2) is 6.95. The minimum absolute atomic E-state index is 0.0407. The number of carbonyl (C=O) groups excluding carboxylic acids is 2. The molecule has 4 nitrogen and oxygen atoms in total. The molecule has 0 saturated carbocycles. The Hall–Kier alpha value is -1.84. The Morgan fingerprint density at radius 3 is 2.27 bits per heavy atom. The summed E-state index contributed by atoms with van der Waals surface area (Å²) >= 11 is 0. The molecule has 0 radical (unpaired) electrons. The SMILES string of the molecule is CC(C)(C)C(=O)N[C@@H](Cc1ccccc1)C(=O)N1CCCC1. The zero-order valence-corrected chi connectivity index (χ0v) is 13.8. The highest BCUT2D eigenvalue weighted by atomic mass is 16.2. The van der Waals surface area contributed by atoms with Crippen molar-refractivity contribution >= 4 is 11.8 Å². The summed E-state index contributed by atoms with van der Waals surface area (Å²) in [5, 5.41) is 2.95. The second-order valence-electron chi connectivity index (χ2n) is 7.00. The zero-order valence-electron chi connectivity index (χ0n) is 13.8. The molecular weight excluding hydrogens is 276 g/mol. The van der Waals surface area contributed by atoms with Crippen molar-refractivity contribution in [2.75, 3.05) is 13.1 Å². The van der Waals surface area contributed by atoms with E-state index in [1.54, 1.807) is 0 Å². The Balaban J connectivity index is 2.12. The molecular formula is C18H26N2O2. The molecule has 4 heteroatoms. The lowest BCUT2D eigenvalue weighted by Gasteiger charge is -2.27. The van der Waals surface area contributed by atoms with Crippen LogP contribution < -0.4 is 5.32 Å². The first-order valence-corrected chi connectivity index (χ1v) is 8.01. The van der Waals surface area contributed by atoms with Gasteiger partial charge in [0.05, 0.1) is 0 Å². The summed E-state index contributed by atoms with van der Waals surface area (Å²) in [6.45, 7) is 7.19. The zero-order chi connectivity index (χ0) is 16.2. The van der Waals surface area contributed by atoms with Crippen molar-refractivity contribution in [3.8, 4) is 0 Å². The first-order chi connectivity index (χ1) is 10.4. The van der Waals surface area contributed by atoms with Crippen molar-refractivity contribution in [2.45, 2.75) is 46.1 Å². The number of nitrogens with zero attached hydrogens (tertiary/aromatic N) is 1. The highest BCUT2D eigenvalue weighted by molar-refractivity contribution is 5.90. The normalized spacial score (nSPS) is 16.4. The van der Waals surface area contributed by atoms with Crippen molar-refractivity contribution in [1.82, 2.24) is 10.2 Å². The van der Waals surface area contributed by atoms with Gasteiger partial charge in [-0.2, -0.15) is 0 Å². The van der Waals surface area contributed by atoms with Gasteiger partial charge < -0.3 is 10.2 Å². The van der Waals surface area contributed by atoms with E-state index in [0.717, 1.165) is 31.5 Å². The van der Waals surface area contributed by atoms with Gasteiger partial charge in [-0.15, -0.1) is 0 Å². The molecule has 0 spiro atoms. The summed E-state index contributed by atoms with van der Waals surface area (Å²) in [5.74, 6) is -0.0417. The van der Waals surface area contributed by atoms with Gasteiger partial charge in [0.1, 0.15) is 6.04 Å². The number of hydrogen-bond donors (Lipinski definition) is 1. The van der Waals surface area contributed by atoms with E-state index in [0.29, 0.717) is 6.42 Å². The predicted molar refractivity (Wildman–Crippen MR) is 87.3 cm³/mol. The van der Waals surface area contributed by atoms with Crippen LogP contribution in [0.5, 0.6) is 0 Å². The largest absolute Gasteiger partial charge is 0.344 e. The molecule has 2 amide bonds. The van der Waals surface area contributed by atoms with E-state index >= 15 is 0 Å². The number of nitrogens with one attached hydrogen (secondary N) is 1. The summed E-state index contributed by atoms with van der Waals surface area (Å²) < 4.78 is 0. The van der Waals surface area contributed by atoms with Gasteiger partial charge in [-0.05, 0) is 18.4 Å². The third-order valence-corrected chi connectivity index (χ3v) is 3.98. The maximum absolute atomic E-state index is 12.7. The van der Waals surface area contributed by atoms with Crippen LogP contribution in [-0.2, 0) is 16.0 Å². The average molecular weight is 302 g/mol. The highest BCUT2D eigenvalue weighted by Crippen LogP contribution is 2.16. The van der Waals surface area contributed by atoms with Gasteiger partial charge in [-0.3, -0.25) is 9.59 Å². The van der Waals surface area contributed by atoms with Crippen molar-refractivity contribution < 1.29 is 9.59 Å². The van der Waals surface area contributed by atoms with Crippen LogP contribution in [0, 0.1) is 5.41 Å². The van der Waals surface area contributed by atoms with E-state index in [9.17, 15) is 9.59 Å². The predicted octanol–water partition coefficient (Wildman–Crippen LogP) is 2.38. The van der Waals surface area contributed by atoms with Gasteiger partial charge in [0.15, 0.2) is 0 Å². The molecule has 1 aliphatic rings. The average Bonchev–Trinajstić information content (AvgIpc) is 3.00. The lowest BCUT2D eigenvalue weighted by molar-refractivity contribution is -0.138. The van der Waals surface area contributed by atoms with Crippen LogP contribution in [0.3, 0.4) is 0 Å². The Morgan fingerprint density at radius 1 is 1.14 bits per heavy atom. The number of benzene rings is 1. The fourth-order valence-corrected chi connectivity index (χ4v) is 2.58. The summed E-state index contributed by atoms with van der Waals surface area (Å²) in [6.07, 6.45) is 2.64. The van der Waals surface area contributed by atoms with Gasteiger partial charge in [0.25, 0.3) is 0 Å². The summed E-state index contributed by atoms with van der Waals surface area (Å²) in [7, 11) is 0. The monoisotopic (exact) mass is 302 g/mol. The molecule has 1 saturated heterocycles. The standard InChI is InChI=1S/C18H26N2O2/c1-18(2,3)17(22)19-15(13-14-9-5-4-6-10-14)16(21)20-11-7-8-12-20/h4-6,9-10,15H,7-8,11-13H2,1-3H3,(H,19,22)/t15-/m0/s1. The van der Waals surface area contributed by atoms with Gasteiger partial charge >= 0.3 is 0 Å². The first-order valence-electron chi connectivity index (χ1n) is 8.01. The van der Waals surface area contributed by atoms with Gasteiger partial charge in [0, 0.05) is 24.9 Å². The van der Waals surface area contributed by atoms with E-state index in [1.165, 1.54) is 0 Å². The van der Waals surface area contributed by atoms with E-state index in [1.807, 2.05) is 56.0 Å².